The van der Waals surface area contributed by atoms with Gasteiger partial charge in [-0.1, -0.05) is 18.2 Å². The number of nitrogens with one attached hydrogen (secondary N) is 1. The van der Waals surface area contributed by atoms with Crippen molar-refractivity contribution in [2.24, 2.45) is 0 Å². The SMILES string of the molecule is CS(=O)(=O)O.O=C1c2cccc3cc([N+](=O)[O-])cc(c23)C(=O)N1CCCCNCCCN1C(=O)c2cc([N+](=O)[O-])cc3c2c(cc2cccnc23)C1=O. The first kappa shape index (κ1) is 36.5. The predicted molar refractivity (Wildman–Crippen MR) is 191 cm³/mol. The molecule has 1 aromatic heterocycles. The molecule has 2 aliphatic heterocycles. The number of non-ortho nitro benzene ring substituents is 2. The molecule has 0 saturated carbocycles. The zero-order valence-electron chi connectivity index (χ0n) is 28.0. The third-order valence-electron chi connectivity index (χ3n) is 8.79. The summed E-state index contributed by atoms with van der Waals surface area (Å²) < 4.78 is 25.9. The number of imide groups is 2. The largest absolute Gasteiger partial charge is 0.317 e. The second-order valence-electron chi connectivity index (χ2n) is 12.4. The van der Waals surface area contributed by atoms with Crippen LogP contribution >= 0.6 is 0 Å². The molecular weight excluding hydrogens is 712 g/mol. The summed E-state index contributed by atoms with van der Waals surface area (Å²) in [5, 5.41) is 28.6. The summed E-state index contributed by atoms with van der Waals surface area (Å²) in [6.07, 6.45) is 3.77. The van der Waals surface area contributed by atoms with Crippen molar-refractivity contribution in [3.8, 4) is 0 Å². The van der Waals surface area contributed by atoms with Gasteiger partial charge >= 0.3 is 0 Å². The highest BCUT2D eigenvalue weighted by molar-refractivity contribution is 7.85. The molecule has 53 heavy (non-hydrogen) atoms. The Balaban J connectivity index is 0.000000902. The maximum atomic E-state index is 13.5. The maximum Gasteiger partial charge on any atom is 0.270 e. The number of carbonyl (C=O) groups excluding carboxylic acids is 4. The van der Waals surface area contributed by atoms with Crippen molar-refractivity contribution >= 4 is 77.6 Å². The number of nitro benzene ring substituents is 2. The smallest absolute Gasteiger partial charge is 0.270 e. The zero-order valence-corrected chi connectivity index (χ0v) is 28.8. The van der Waals surface area contributed by atoms with Crippen LogP contribution in [0, 0.1) is 20.2 Å². The van der Waals surface area contributed by atoms with E-state index in [-0.39, 0.29) is 35.6 Å². The molecule has 4 amide bonds. The van der Waals surface area contributed by atoms with Crippen LogP contribution in [0.3, 0.4) is 0 Å². The van der Waals surface area contributed by atoms with Gasteiger partial charge in [-0.15, -0.1) is 0 Å². The van der Waals surface area contributed by atoms with Gasteiger partial charge < -0.3 is 5.32 Å². The average molecular weight is 743 g/mol. The molecule has 0 atom stereocenters. The van der Waals surface area contributed by atoms with Crippen molar-refractivity contribution in [1.29, 1.82) is 0 Å². The fraction of sp³-hybridized carbons (Fsp3) is 0.229. The summed E-state index contributed by atoms with van der Waals surface area (Å²) in [6, 6.07) is 15.1. The fourth-order valence-electron chi connectivity index (χ4n) is 6.58. The number of benzene rings is 4. The highest BCUT2D eigenvalue weighted by Crippen LogP contribution is 2.38. The van der Waals surface area contributed by atoms with Crippen molar-refractivity contribution in [3.63, 3.8) is 0 Å². The van der Waals surface area contributed by atoms with E-state index in [0.717, 1.165) is 9.80 Å². The van der Waals surface area contributed by atoms with Crippen molar-refractivity contribution in [3.05, 3.63) is 109 Å². The lowest BCUT2D eigenvalue weighted by Gasteiger charge is -2.27. The number of hydrogen-bond donors (Lipinski definition) is 2. The zero-order chi connectivity index (χ0) is 38.2. The second-order valence-corrected chi connectivity index (χ2v) is 13.9. The van der Waals surface area contributed by atoms with Gasteiger partial charge in [-0.2, -0.15) is 8.42 Å². The lowest BCUT2D eigenvalue weighted by molar-refractivity contribution is -0.384. The molecule has 2 aliphatic rings. The molecule has 4 aromatic carbocycles. The molecule has 272 valence electrons. The van der Waals surface area contributed by atoms with Crippen molar-refractivity contribution in [2.75, 3.05) is 32.4 Å². The monoisotopic (exact) mass is 742 g/mol. The molecule has 7 rings (SSSR count). The standard InChI is InChI=1S/C34H26N6O8.CH4O3S/c41-31-23-8-3-6-19-14-21(39(45)46)17-26(28(19)23)33(43)37(31)12-2-1-9-35-10-5-13-38-32(42)25-15-20-7-4-11-36-30(20)24-16-22(40(47)48)18-27(29(24)25)34(38)44;1-5(2,3)4/h3-4,6-8,11,14-18,35H,1-2,5,9-10,12-13H2;1H3,(H,2,3,4). The Morgan fingerprint density at radius 2 is 1.23 bits per heavy atom. The Bertz CT molecular complexity index is 2510. The molecule has 3 heterocycles. The van der Waals surface area contributed by atoms with Crippen LogP contribution in [0.1, 0.15) is 60.7 Å². The molecule has 18 heteroatoms. The highest BCUT2D eigenvalue weighted by atomic mass is 32.2. The van der Waals surface area contributed by atoms with E-state index in [1.54, 1.807) is 42.6 Å². The Morgan fingerprint density at radius 1 is 0.698 bits per heavy atom. The first-order valence-corrected chi connectivity index (χ1v) is 18.1. The first-order chi connectivity index (χ1) is 25.2. The lowest BCUT2D eigenvalue weighted by Crippen LogP contribution is -2.42. The van der Waals surface area contributed by atoms with E-state index in [9.17, 15) is 47.8 Å². The number of hydrogen-bond acceptors (Lipinski definition) is 12. The van der Waals surface area contributed by atoms with E-state index in [0.29, 0.717) is 82.2 Å². The summed E-state index contributed by atoms with van der Waals surface area (Å²) in [4.78, 5) is 81.9. The first-order valence-electron chi connectivity index (χ1n) is 16.2. The van der Waals surface area contributed by atoms with E-state index in [1.807, 2.05) is 0 Å². The number of pyridine rings is 1. The van der Waals surface area contributed by atoms with Crippen LogP contribution in [0.25, 0.3) is 32.4 Å². The number of fused-ring (bicyclic) bond motifs is 2. The number of aromatic nitrogens is 1. The molecule has 0 fully saturated rings. The van der Waals surface area contributed by atoms with Crippen LogP contribution in [-0.2, 0) is 10.1 Å². The third-order valence-corrected chi connectivity index (χ3v) is 8.79. The van der Waals surface area contributed by atoms with Crippen LogP contribution in [0.15, 0.2) is 66.9 Å². The van der Waals surface area contributed by atoms with Gasteiger partial charge in [0.2, 0.25) is 0 Å². The molecule has 5 aromatic rings. The summed E-state index contributed by atoms with van der Waals surface area (Å²) in [6.45, 7) is 1.21. The van der Waals surface area contributed by atoms with Crippen LogP contribution < -0.4 is 5.32 Å². The van der Waals surface area contributed by atoms with E-state index >= 15 is 0 Å². The number of carbonyl (C=O) groups is 4. The molecular formula is C35H30N6O11S. The van der Waals surface area contributed by atoms with Gasteiger partial charge in [-0.05, 0) is 55.9 Å². The Hall–Kier alpha value is -6.24. The highest BCUT2D eigenvalue weighted by Gasteiger charge is 2.36. The van der Waals surface area contributed by atoms with Gasteiger partial charge in [-0.25, -0.2) is 0 Å². The van der Waals surface area contributed by atoms with Crippen molar-refractivity contribution in [1.82, 2.24) is 20.1 Å². The fourth-order valence-corrected chi connectivity index (χ4v) is 6.58. The molecule has 2 N–H and O–H groups in total. The number of rotatable bonds is 11. The van der Waals surface area contributed by atoms with Gasteiger partial charge in [0.25, 0.3) is 45.1 Å². The Morgan fingerprint density at radius 3 is 1.87 bits per heavy atom. The minimum atomic E-state index is -3.67. The number of nitro groups is 2. The average Bonchev–Trinajstić information content (AvgIpc) is 3.11. The lowest BCUT2D eigenvalue weighted by atomic mass is 9.91. The van der Waals surface area contributed by atoms with Crippen molar-refractivity contribution in [2.45, 2.75) is 19.3 Å². The quantitative estimate of drug-likeness (QED) is 0.0473. The summed E-state index contributed by atoms with van der Waals surface area (Å²) >= 11 is 0. The van der Waals surface area contributed by atoms with E-state index in [1.165, 1.54) is 24.3 Å². The molecule has 0 unspecified atom stereocenters. The molecule has 0 saturated heterocycles. The van der Waals surface area contributed by atoms with E-state index in [4.69, 9.17) is 4.55 Å². The van der Waals surface area contributed by atoms with Gasteiger partial charge in [0.1, 0.15) is 0 Å². The minimum Gasteiger partial charge on any atom is -0.317 e. The van der Waals surface area contributed by atoms with Crippen LogP contribution in [0.4, 0.5) is 11.4 Å². The second kappa shape index (κ2) is 14.4. The summed E-state index contributed by atoms with van der Waals surface area (Å²) in [5.41, 5.74) is 0.828. The Labute approximate surface area is 300 Å². The third kappa shape index (κ3) is 7.27. The predicted octanol–water partition coefficient (Wildman–Crippen LogP) is 4.51. The molecule has 0 bridgehead atoms. The van der Waals surface area contributed by atoms with E-state index in [2.05, 4.69) is 10.3 Å². The van der Waals surface area contributed by atoms with Crippen LogP contribution in [0.5, 0.6) is 0 Å². The van der Waals surface area contributed by atoms with Crippen LogP contribution in [0.2, 0.25) is 0 Å². The molecule has 0 spiro atoms. The van der Waals surface area contributed by atoms with Crippen molar-refractivity contribution < 1.29 is 42.0 Å². The van der Waals surface area contributed by atoms with Gasteiger partial charge in [-0.3, -0.25) is 58.7 Å². The number of amides is 4. The molecule has 0 radical (unpaired) electrons. The molecule has 17 nitrogen and oxygen atoms in total. The van der Waals surface area contributed by atoms with Gasteiger partial charge in [0, 0.05) is 76.2 Å². The van der Waals surface area contributed by atoms with Gasteiger partial charge in [0.05, 0.1) is 32.7 Å². The van der Waals surface area contributed by atoms with Crippen LogP contribution in [-0.4, -0.2) is 93.7 Å². The van der Waals surface area contributed by atoms with E-state index < -0.39 is 43.6 Å². The summed E-state index contributed by atoms with van der Waals surface area (Å²) in [5.74, 6) is -2.09. The van der Waals surface area contributed by atoms with Gasteiger partial charge in [0.15, 0.2) is 0 Å². The maximum absolute atomic E-state index is 13.5. The minimum absolute atomic E-state index is 0.0876. The number of unbranched alkanes of at least 4 members (excludes halogenated alkanes) is 1. The Kier molecular flexibility index (Phi) is 9.94. The summed E-state index contributed by atoms with van der Waals surface area (Å²) in [7, 11) is -3.67. The topological polar surface area (TPSA) is 240 Å². The molecule has 0 aliphatic carbocycles. The number of nitrogens with zero attached hydrogens (tertiary/aromatic N) is 5. The normalized spacial score (nSPS) is 13.8.